The summed E-state index contributed by atoms with van der Waals surface area (Å²) in [6, 6.07) is 5.45. The van der Waals surface area contributed by atoms with Gasteiger partial charge in [-0.05, 0) is 59.2 Å². The topological polar surface area (TPSA) is 59.6 Å². The third kappa shape index (κ3) is 3.87. The van der Waals surface area contributed by atoms with Crippen LogP contribution in [0.15, 0.2) is 18.2 Å². The predicted octanol–water partition coefficient (Wildman–Crippen LogP) is 2.12. The van der Waals surface area contributed by atoms with E-state index in [4.69, 9.17) is 20.9 Å². The van der Waals surface area contributed by atoms with Crippen LogP contribution in [0.25, 0.3) is 0 Å². The molecule has 25 heavy (non-hydrogen) atoms. The minimum Gasteiger partial charge on any atom is -0.399 e. The van der Waals surface area contributed by atoms with E-state index in [0.29, 0.717) is 10.6 Å². The van der Waals surface area contributed by atoms with Crippen LogP contribution in [0, 0.1) is 0 Å². The van der Waals surface area contributed by atoms with Gasteiger partial charge in [0.1, 0.15) is 0 Å². The summed E-state index contributed by atoms with van der Waals surface area (Å²) >= 11 is 6.43. The minimum absolute atomic E-state index is 0.101. The normalized spacial score (nSPS) is 25.0. The van der Waals surface area contributed by atoms with Crippen LogP contribution < -0.4 is 16.1 Å². The first-order chi connectivity index (χ1) is 11.7. The van der Waals surface area contributed by atoms with Gasteiger partial charge in [0.15, 0.2) is 0 Å². The Morgan fingerprint density at radius 1 is 1.28 bits per heavy atom. The summed E-state index contributed by atoms with van der Waals surface area (Å²) in [5.74, 6) is -0.101. The number of benzene rings is 1. The lowest BCUT2D eigenvalue weighted by atomic mass is 9.78. The van der Waals surface area contributed by atoms with Crippen molar-refractivity contribution in [3.63, 3.8) is 0 Å². The lowest BCUT2D eigenvalue weighted by Gasteiger charge is -2.32. The predicted molar refractivity (Wildman–Crippen MR) is 101 cm³/mol. The molecule has 0 radical (unpaired) electrons. The van der Waals surface area contributed by atoms with Gasteiger partial charge in [-0.15, -0.1) is 0 Å². The molecule has 0 saturated carbocycles. The highest BCUT2D eigenvalue weighted by atomic mass is 35.5. The molecule has 3 rings (SSSR count). The lowest BCUT2D eigenvalue weighted by Crippen LogP contribution is -2.45. The second-order valence-corrected chi connectivity index (χ2v) is 8.25. The van der Waals surface area contributed by atoms with E-state index >= 15 is 0 Å². The third-order valence-corrected chi connectivity index (χ3v) is 5.73. The first-order valence-electron chi connectivity index (χ1n) is 8.86. The Morgan fingerprint density at radius 3 is 2.52 bits per heavy atom. The molecule has 0 aliphatic carbocycles. The molecule has 2 saturated heterocycles. The van der Waals surface area contributed by atoms with Gasteiger partial charge < -0.3 is 19.9 Å². The van der Waals surface area contributed by atoms with Gasteiger partial charge in [-0.3, -0.25) is 4.79 Å². The first-order valence-corrected chi connectivity index (χ1v) is 9.24. The molecule has 1 aromatic rings. The van der Waals surface area contributed by atoms with Crippen molar-refractivity contribution in [3.8, 4) is 0 Å². The van der Waals surface area contributed by atoms with Gasteiger partial charge in [0.05, 0.1) is 11.2 Å². The Kier molecular flexibility index (Phi) is 5.17. The number of halogens is 1. The van der Waals surface area contributed by atoms with Crippen LogP contribution >= 0.6 is 11.6 Å². The Balaban J connectivity index is 1.72. The number of amides is 1. The van der Waals surface area contributed by atoms with Crippen molar-refractivity contribution in [2.45, 2.75) is 57.8 Å². The summed E-state index contributed by atoms with van der Waals surface area (Å²) in [5.41, 5.74) is 0.447. The van der Waals surface area contributed by atoms with E-state index in [2.05, 4.69) is 10.6 Å². The maximum atomic E-state index is 12.4. The molecule has 0 aromatic heterocycles. The monoisotopic (exact) mass is 364 g/mol. The van der Waals surface area contributed by atoms with Gasteiger partial charge in [0.2, 0.25) is 0 Å². The highest BCUT2D eigenvalue weighted by Gasteiger charge is 2.52. The summed E-state index contributed by atoms with van der Waals surface area (Å²) in [7, 11) is -0.530. The van der Waals surface area contributed by atoms with E-state index in [9.17, 15) is 4.79 Å². The largest absolute Gasteiger partial charge is 0.496 e. The standard InChI is InChI=1S/C18H26BClN2O3/c1-17(2)18(3,4)25-19(24-17)14-8-7-12(10-15(14)20)16(23)22-13-6-5-9-21-11-13/h7-8,10,13,21H,5-6,9,11H2,1-4H3,(H,22,23)/t13-/m0/s1. The van der Waals surface area contributed by atoms with Gasteiger partial charge in [-0.2, -0.15) is 0 Å². The van der Waals surface area contributed by atoms with E-state index in [0.717, 1.165) is 31.4 Å². The number of hydrogen-bond donors (Lipinski definition) is 2. The van der Waals surface area contributed by atoms with Crippen LogP contribution in [0.4, 0.5) is 0 Å². The van der Waals surface area contributed by atoms with Gasteiger partial charge in [-0.25, -0.2) is 0 Å². The van der Waals surface area contributed by atoms with Crippen molar-refractivity contribution in [2.75, 3.05) is 13.1 Å². The Bertz CT molecular complexity index is 644. The molecule has 0 bridgehead atoms. The van der Waals surface area contributed by atoms with Crippen molar-refractivity contribution >= 4 is 30.1 Å². The summed E-state index contributed by atoms with van der Waals surface area (Å²) < 4.78 is 12.1. The summed E-state index contributed by atoms with van der Waals surface area (Å²) in [6.07, 6.45) is 2.07. The summed E-state index contributed by atoms with van der Waals surface area (Å²) in [5, 5.41) is 6.83. The number of carbonyl (C=O) groups excluding carboxylic acids is 1. The summed E-state index contributed by atoms with van der Waals surface area (Å²) in [4.78, 5) is 12.4. The van der Waals surface area contributed by atoms with Crippen molar-refractivity contribution in [3.05, 3.63) is 28.8 Å². The van der Waals surface area contributed by atoms with Crippen LogP contribution in [0.2, 0.25) is 5.02 Å². The average Bonchev–Trinajstić information content (AvgIpc) is 2.76. The van der Waals surface area contributed by atoms with E-state index in [1.807, 2.05) is 33.8 Å². The molecular weight excluding hydrogens is 338 g/mol. The Hall–Kier alpha value is -1.08. The molecule has 2 aliphatic heterocycles. The molecule has 0 unspecified atom stereocenters. The van der Waals surface area contributed by atoms with Crippen LogP contribution in [0.3, 0.4) is 0 Å². The van der Waals surface area contributed by atoms with Gasteiger partial charge >= 0.3 is 7.12 Å². The van der Waals surface area contributed by atoms with E-state index in [1.54, 1.807) is 12.1 Å². The highest BCUT2D eigenvalue weighted by Crippen LogP contribution is 2.37. The van der Waals surface area contributed by atoms with E-state index < -0.39 is 18.3 Å². The fraction of sp³-hybridized carbons (Fsp3) is 0.611. The van der Waals surface area contributed by atoms with E-state index in [-0.39, 0.29) is 11.9 Å². The number of hydrogen-bond acceptors (Lipinski definition) is 4. The Labute approximate surface area is 154 Å². The Morgan fingerprint density at radius 2 is 1.96 bits per heavy atom. The molecule has 1 atom stereocenters. The molecule has 7 heteroatoms. The quantitative estimate of drug-likeness (QED) is 0.807. The number of nitrogens with one attached hydrogen (secondary N) is 2. The maximum Gasteiger partial charge on any atom is 0.496 e. The first kappa shape index (κ1) is 18.7. The summed E-state index contributed by atoms with van der Waals surface area (Å²) in [6.45, 7) is 9.83. The van der Waals surface area contributed by atoms with Crippen molar-refractivity contribution in [1.82, 2.24) is 10.6 Å². The molecule has 136 valence electrons. The van der Waals surface area contributed by atoms with E-state index in [1.165, 1.54) is 0 Å². The molecule has 0 spiro atoms. The SMILES string of the molecule is CC1(C)OB(c2ccc(C(=O)N[C@H]3CCCNC3)cc2Cl)OC1(C)C. The van der Waals surface area contributed by atoms with Gasteiger partial charge in [0, 0.05) is 28.6 Å². The van der Waals surface area contributed by atoms with Crippen LogP contribution in [-0.4, -0.2) is 43.4 Å². The fourth-order valence-electron chi connectivity index (χ4n) is 3.07. The smallest absolute Gasteiger partial charge is 0.399 e. The number of rotatable bonds is 3. The van der Waals surface area contributed by atoms with Gasteiger partial charge in [-0.1, -0.05) is 17.7 Å². The highest BCUT2D eigenvalue weighted by molar-refractivity contribution is 6.65. The number of carbonyl (C=O) groups is 1. The average molecular weight is 365 g/mol. The molecular formula is C18H26BClN2O3. The zero-order valence-electron chi connectivity index (χ0n) is 15.3. The number of piperidine rings is 1. The van der Waals surface area contributed by atoms with Crippen molar-refractivity contribution in [2.24, 2.45) is 0 Å². The van der Waals surface area contributed by atoms with Gasteiger partial charge in [0.25, 0.3) is 5.91 Å². The second kappa shape index (κ2) is 6.91. The maximum absolute atomic E-state index is 12.4. The van der Waals surface area contributed by atoms with Crippen LogP contribution in [0.5, 0.6) is 0 Å². The van der Waals surface area contributed by atoms with Crippen molar-refractivity contribution in [1.29, 1.82) is 0 Å². The second-order valence-electron chi connectivity index (χ2n) is 7.84. The zero-order valence-corrected chi connectivity index (χ0v) is 16.1. The van der Waals surface area contributed by atoms with Crippen LogP contribution in [0.1, 0.15) is 50.9 Å². The lowest BCUT2D eigenvalue weighted by molar-refractivity contribution is 0.00578. The molecule has 2 fully saturated rings. The zero-order chi connectivity index (χ0) is 18.2. The van der Waals surface area contributed by atoms with Crippen LogP contribution in [-0.2, 0) is 9.31 Å². The molecule has 2 heterocycles. The molecule has 1 aromatic carbocycles. The fourth-order valence-corrected chi connectivity index (χ4v) is 3.34. The molecule has 5 nitrogen and oxygen atoms in total. The molecule has 2 aliphatic rings. The third-order valence-electron chi connectivity index (χ3n) is 5.40. The minimum atomic E-state index is -0.530. The molecule has 1 amide bonds. The van der Waals surface area contributed by atoms with Crippen molar-refractivity contribution < 1.29 is 14.1 Å². The molecule has 2 N–H and O–H groups in total.